The van der Waals surface area contributed by atoms with Gasteiger partial charge in [-0.05, 0) is 24.6 Å². The first-order valence-corrected chi connectivity index (χ1v) is 5.25. The van der Waals surface area contributed by atoms with E-state index in [9.17, 15) is 14.4 Å². The Hall–Kier alpha value is -1.71. The van der Waals surface area contributed by atoms with Gasteiger partial charge in [0.05, 0.1) is 17.8 Å². The Bertz CT molecular complexity index is 471. The highest BCUT2D eigenvalue weighted by Crippen LogP contribution is 2.42. The first-order valence-electron chi connectivity index (χ1n) is 5.25. The lowest BCUT2D eigenvalue weighted by molar-refractivity contribution is -0.172. The van der Waals surface area contributed by atoms with Crippen LogP contribution in [-0.4, -0.2) is 23.6 Å². The molecule has 4 rings (SSSR count). The van der Waals surface area contributed by atoms with Gasteiger partial charge < -0.3 is 4.74 Å². The predicted molar refractivity (Wildman–Crippen MR) is 53.3 cm³/mol. The average molecular weight is 218 g/mol. The van der Waals surface area contributed by atoms with Gasteiger partial charge in [-0.15, -0.1) is 0 Å². The van der Waals surface area contributed by atoms with Crippen LogP contribution in [0.5, 0.6) is 0 Å². The molecule has 2 heterocycles. The van der Waals surface area contributed by atoms with E-state index in [1.807, 2.05) is 0 Å². The van der Waals surface area contributed by atoms with E-state index >= 15 is 0 Å². The van der Waals surface area contributed by atoms with Crippen molar-refractivity contribution in [3.05, 3.63) is 23.8 Å². The van der Waals surface area contributed by atoms with Gasteiger partial charge >= 0.3 is 5.97 Å². The van der Waals surface area contributed by atoms with Crippen molar-refractivity contribution in [3.8, 4) is 0 Å². The van der Waals surface area contributed by atoms with Gasteiger partial charge in [0.25, 0.3) is 0 Å². The van der Waals surface area contributed by atoms with E-state index < -0.39 is 23.9 Å². The minimum Gasteiger partial charge on any atom is -0.457 e. The molecule has 0 spiro atoms. The van der Waals surface area contributed by atoms with E-state index in [2.05, 4.69) is 0 Å². The van der Waals surface area contributed by atoms with Gasteiger partial charge in [-0.1, -0.05) is 6.08 Å². The van der Waals surface area contributed by atoms with Gasteiger partial charge in [-0.25, -0.2) is 0 Å². The number of Topliss-reactive ketones (excluding diaryl/α,β-unsaturated/α-hetero) is 1. The third-order valence-corrected chi connectivity index (χ3v) is 3.54. The van der Waals surface area contributed by atoms with Crippen LogP contribution in [0.15, 0.2) is 23.8 Å². The summed E-state index contributed by atoms with van der Waals surface area (Å²) in [5.41, 5.74) is 0.461. The molecular weight excluding hydrogens is 208 g/mol. The molecule has 0 amide bonds. The van der Waals surface area contributed by atoms with Crippen LogP contribution in [0.1, 0.15) is 6.92 Å². The summed E-state index contributed by atoms with van der Waals surface area (Å²) in [5.74, 6) is -2.19. The molecule has 0 aromatic heterocycles. The van der Waals surface area contributed by atoms with Gasteiger partial charge in [-0.2, -0.15) is 0 Å². The number of carbonyl (C=O) groups excluding carboxylic acids is 3. The number of esters is 1. The topological polar surface area (TPSA) is 60.4 Å². The maximum absolute atomic E-state index is 12.0. The molecule has 0 radical (unpaired) electrons. The summed E-state index contributed by atoms with van der Waals surface area (Å²) in [4.78, 5) is 35.3. The number of hydrogen-bond donors (Lipinski definition) is 0. The molecule has 4 aliphatic rings. The molecule has 2 aliphatic carbocycles. The fourth-order valence-corrected chi connectivity index (χ4v) is 2.76. The first kappa shape index (κ1) is 9.51. The van der Waals surface area contributed by atoms with Crippen LogP contribution < -0.4 is 0 Å². The fourth-order valence-electron chi connectivity index (χ4n) is 2.76. The maximum Gasteiger partial charge on any atom is 0.314 e. The van der Waals surface area contributed by atoms with E-state index in [4.69, 9.17) is 4.74 Å². The van der Waals surface area contributed by atoms with E-state index in [0.717, 1.165) is 0 Å². The highest BCUT2D eigenvalue weighted by atomic mass is 16.5. The van der Waals surface area contributed by atoms with E-state index in [-0.39, 0.29) is 17.5 Å². The van der Waals surface area contributed by atoms with Crippen LogP contribution in [0, 0.1) is 17.8 Å². The fraction of sp³-hybridized carbons (Fsp3) is 0.417. The molecule has 0 unspecified atom stereocenters. The Morgan fingerprint density at radius 1 is 1.12 bits per heavy atom. The van der Waals surface area contributed by atoms with Crippen molar-refractivity contribution in [2.75, 3.05) is 0 Å². The van der Waals surface area contributed by atoms with Gasteiger partial charge in [0.2, 0.25) is 0 Å². The van der Waals surface area contributed by atoms with Crippen LogP contribution >= 0.6 is 0 Å². The highest BCUT2D eigenvalue weighted by molar-refractivity contribution is 6.12. The average Bonchev–Trinajstić information content (AvgIpc) is 2.25. The molecule has 4 nitrogen and oxygen atoms in total. The Labute approximate surface area is 92.0 Å². The minimum absolute atomic E-state index is 0.0727. The summed E-state index contributed by atoms with van der Waals surface area (Å²) in [6.45, 7) is 1.63. The summed E-state index contributed by atoms with van der Waals surface area (Å²) in [5, 5.41) is 0. The zero-order valence-electron chi connectivity index (χ0n) is 8.67. The lowest BCUT2D eigenvalue weighted by atomic mass is 9.65. The van der Waals surface area contributed by atoms with Crippen LogP contribution in [0.4, 0.5) is 0 Å². The highest BCUT2D eigenvalue weighted by Gasteiger charge is 2.54. The maximum atomic E-state index is 12.0. The second-order valence-corrected chi connectivity index (χ2v) is 4.46. The number of allylic oxidation sites excluding steroid dienone is 2. The first-order chi connectivity index (χ1) is 7.59. The Morgan fingerprint density at radius 3 is 2.56 bits per heavy atom. The van der Waals surface area contributed by atoms with Gasteiger partial charge in [0, 0.05) is 0 Å². The molecule has 4 heteroatoms. The van der Waals surface area contributed by atoms with Gasteiger partial charge in [-0.3, -0.25) is 14.4 Å². The Kier molecular flexibility index (Phi) is 1.73. The van der Waals surface area contributed by atoms with Crippen molar-refractivity contribution in [3.63, 3.8) is 0 Å². The molecule has 4 atom stereocenters. The number of carbonyl (C=O) groups is 3. The standard InChI is InChI=1S/C12H10O4/c1-5-4-7(13)9-6-2-3-8(16-12(6)15)10(9)11(5)14/h2-4,6,8-10H,1H3/t6-,8-,9-,10-/m1/s1. The summed E-state index contributed by atoms with van der Waals surface area (Å²) >= 11 is 0. The second-order valence-electron chi connectivity index (χ2n) is 4.46. The third kappa shape index (κ3) is 1.01. The lowest BCUT2D eigenvalue weighted by Gasteiger charge is -2.43. The van der Waals surface area contributed by atoms with Crippen LogP contribution in [-0.2, 0) is 19.1 Å². The van der Waals surface area contributed by atoms with Crippen molar-refractivity contribution >= 4 is 17.5 Å². The van der Waals surface area contributed by atoms with Gasteiger partial charge in [0.15, 0.2) is 11.6 Å². The molecule has 0 saturated carbocycles. The molecule has 2 bridgehead atoms. The monoisotopic (exact) mass is 218 g/mol. The molecule has 2 aliphatic heterocycles. The summed E-state index contributed by atoms with van der Waals surface area (Å²) < 4.78 is 5.10. The predicted octanol–water partition coefficient (Wildman–Crippen LogP) is 0.428. The van der Waals surface area contributed by atoms with E-state index in [1.165, 1.54) is 6.08 Å². The SMILES string of the molecule is CC1=CC(=O)[C@@H]2[C@H](C1=O)[C@H]1C=C[C@H]2C(=O)O1. The number of ketones is 2. The zero-order chi connectivity index (χ0) is 11.4. The summed E-state index contributed by atoms with van der Waals surface area (Å²) in [7, 11) is 0. The van der Waals surface area contributed by atoms with E-state index in [1.54, 1.807) is 19.1 Å². The lowest BCUT2D eigenvalue weighted by Crippen LogP contribution is -2.54. The van der Waals surface area contributed by atoms with Crippen LogP contribution in [0.25, 0.3) is 0 Å². The Morgan fingerprint density at radius 2 is 1.88 bits per heavy atom. The summed E-state index contributed by atoms with van der Waals surface area (Å²) in [6, 6.07) is 0. The van der Waals surface area contributed by atoms with Crippen molar-refractivity contribution in [1.82, 2.24) is 0 Å². The number of ether oxygens (including phenoxy) is 1. The smallest absolute Gasteiger partial charge is 0.314 e. The largest absolute Gasteiger partial charge is 0.457 e. The molecule has 0 N–H and O–H groups in total. The number of hydrogen-bond acceptors (Lipinski definition) is 4. The van der Waals surface area contributed by atoms with Crippen molar-refractivity contribution in [2.45, 2.75) is 13.0 Å². The molecular formula is C12H10O4. The molecule has 0 aromatic rings. The zero-order valence-corrected chi connectivity index (χ0v) is 8.67. The molecule has 82 valence electrons. The molecule has 1 fully saturated rings. The number of rotatable bonds is 0. The van der Waals surface area contributed by atoms with Crippen molar-refractivity contribution < 1.29 is 19.1 Å². The van der Waals surface area contributed by atoms with E-state index in [0.29, 0.717) is 5.57 Å². The third-order valence-electron chi connectivity index (χ3n) is 3.54. The minimum atomic E-state index is -0.573. The van der Waals surface area contributed by atoms with Crippen molar-refractivity contribution in [2.24, 2.45) is 17.8 Å². The van der Waals surface area contributed by atoms with Crippen molar-refractivity contribution in [1.29, 1.82) is 0 Å². The quantitative estimate of drug-likeness (QED) is 0.437. The normalized spacial score (nSPS) is 40.6. The summed E-state index contributed by atoms with van der Waals surface area (Å²) in [6.07, 6.45) is 4.21. The van der Waals surface area contributed by atoms with Crippen LogP contribution in [0.3, 0.4) is 0 Å². The molecule has 0 aromatic carbocycles. The van der Waals surface area contributed by atoms with Gasteiger partial charge in [0.1, 0.15) is 6.10 Å². The molecule has 1 saturated heterocycles. The number of fused-ring (bicyclic) bond motifs is 1. The van der Waals surface area contributed by atoms with Crippen LogP contribution in [0.2, 0.25) is 0 Å². The Balaban J connectivity index is 2.13. The second kappa shape index (κ2) is 2.90. The molecule has 16 heavy (non-hydrogen) atoms.